The molecule has 0 saturated carbocycles. The molecule has 6 heteroatoms. The van der Waals surface area contributed by atoms with Crippen LogP contribution < -0.4 is 11.1 Å². The second kappa shape index (κ2) is 5.36. The molecule has 0 aliphatic rings. The maximum Gasteiger partial charge on any atom is 0.241 e. The van der Waals surface area contributed by atoms with E-state index in [9.17, 15) is 13.6 Å². The van der Waals surface area contributed by atoms with E-state index in [1.54, 1.807) is 6.92 Å². The van der Waals surface area contributed by atoms with E-state index in [-0.39, 0.29) is 10.2 Å². The van der Waals surface area contributed by atoms with Crippen LogP contribution in [0.4, 0.5) is 14.5 Å². The number of carbonyl (C=O) groups excluding carboxylic acids is 1. The molecule has 0 heterocycles. The van der Waals surface area contributed by atoms with Crippen molar-refractivity contribution in [2.75, 3.05) is 5.32 Å². The van der Waals surface area contributed by atoms with Gasteiger partial charge in [-0.2, -0.15) is 0 Å². The standard InChI is InChI=1S/C10H11BrF2N2O/c1-2-8(14)10(16)15-9-6(11)3-5(12)4-7(9)13/h3-4,8H,2,14H2,1H3,(H,15,16)/t8-/m1/s1. The van der Waals surface area contributed by atoms with Crippen LogP contribution in [0, 0.1) is 11.6 Å². The normalized spacial score (nSPS) is 12.3. The molecule has 0 unspecified atom stereocenters. The molecule has 0 aromatic heterocycles. The Morgan fingerprint density at radius 3 is 2.69 bits per heavy atom. The minimum atomic E-state index is -0.844. The van der Waals surface area contributed by atoms with Gasteiger partial charge in [0.1, 0.15) is 5.82 Å². The average molecular weight is 293 g/mol. The molecule has 0 spiro atoms. The third-order valence-corrected chi connectivity index (χ3v) is 2.66. The Morgan fingerprint density at radius 1 is 1.56 bits per heavy atom. The predicted molar refractivity (Wildman–Crippen MR) is 61.0 cm³/mol. The van der Waals surface area contributed by atoms with Gasteiger partial charge < -0.3 is 11.1 Å². The van der Waals surface area contributed by atoms with Crippen LogP contribution in [0.3, 0.4) is 0 Å². The number of carbonyl (C=O) groups is 1. The predicted octanol–water partition coefficient (Wildman–Crippen LogP) is 2.40. The lowest BCUT2D eigenvalue weighted by Crippen LogP contribution is -2.35. The summed E-state index contributed by atoms with van der Waals surface area (Å²) in [6.45, 7) is 1.74. The molecule has 0 saturated heterocycles. The highest BCUT2D eigenvalue weighted by Crippen LogP contribution is 2.26. The number of nitrogens with two attached hydrogens (primary N) is 1. The molecule has 1 rings (SSSR count). The molecule has 1 amide bonds. The summed E-state index contributed by atoms with van der Waals surface area (Å²) in [7, 11) is 0. The van der Waals surface area contributed by atoms with Gasteiger partial charge in [0.15, 0.2) is 5.82 Å². The molecular weight excluding hydrogens is 282 g/mol. The van der Waals surface area contributed by atoms with Crippen LogP contribution >= 0.6 is 15.9 Å². The summed E-state index contributed by atoms with van der Waals surface area (Å²) in [6.07, 6.45) is 0.437. The number of hydrogen-bond donors (Lipinski definition) is 2. The van der Waals surface area contributed by atoms with Crippen LogP contribution in [0.2, 0.25) is 0 Å². The van der Waals surface area contributed by atoms with E-state index in [0.29, 0.717) is 12.5 Å². The molecular formula is C10H11BrF2N2O. The van der Waals surface area contributed by atoms with Crippen molar-refractivity contribution in [2.24, 2.45) is 5.73 Å². The molecule has 1 aromatic carbocycles. The van der Waals surface area contributed by atoms with Gasteiger partial charge in [-0.05, 0) is 28.4 Å². The molecule has 3 nitrogen and oxygen atoms in total. The van der Waals surface area contributed by atoms with E-state index in [1.807, 2.05) is 0 Å². The molecule has 88 valence electrons. The quantitative estimate of drug-likeness (QED) is 0.899. The first-order chi connectivity index (χ1) is 7.45. The maximum absolute atomic E-state index is 13.3. The minimum absolute atomic E-state index is 0.102. The number of benzene rings is 1. The Hall–Kier alpha value is -1.01. The van der Waals surface area contributed by atoms with E-state index in [1.165, 1.54) is 0 Å². The number of halogens is 3. The molecule has 3 N–H and O–H groups in total. The molecule has 0 aliphatic heterocycles. The van der Waals surface area contributed by atoms with Crippen molar-refractivity contribution >= 4 is 27.5 Å². The van der Waals surface area contributed by atoms with Crippen LogP contribution in [-0.2, 0) is 4.79 Å². The summed E-state index contributed by atoms with van der Waals surface area (Å²) in [5.74, 6) is -2.07. The van der Waals surface area contributed by atoms with Crippen LogP contribution in [0.25, 0.3) is 0 Å². The first-order valence-electron chi connectivity index (χ1n) is 4.66. The third-order valence-electron chi connectivity index (χ3n) is 2.03. The van der Waals surface area contributed by atoms with Crippen molar-refractivity contribution in [3.8, 4) is 0 Å². The van der Waals surface area contributed by atoms with E-state index in [4.69, 9.17) is 5.73 Å². The van der Waals surface area contributed by atoms with Gasteiger partial charge >= 0.3 is 0 Å². The fourth-order valence-corrected chi connectivity index (χ4v) is 1.57. The lowest BCUT2D eigenvalue weighted by atomic mass is 10.2. The zero-order chi connectivity index (χ0) is 12.3. The van der Waals surface area contributed by atoms with Crippen LogP contribution in [0.5, 0.6) is 0 Å². The summed E-state index contributed by atoms with van der Waals surface area (Å²) >= 11 is 2.96. The number of amides is 1. The summed E-state index contributed by atoms with van der Waals surface area (Å²) in [6, 6.07) is 1.05. The van der Waals surface area contributed by atoms with Gasteiger partial charge in [0.05, 0.1) is 11.7 Å². The van der Waals surface area contributed by atoms with E-state index < -0.39 is 23.6 Å². The lowest BCUT2D eigenvalue weighted by Gasteiger charge is -2.12. The highest BCUT2D eigenvalue weighted by Gasteiger charge is 2.16. The fourth-order valence-electron chi connectivity index (χ4n) is 1.06. The van der Waals surface area contributed by atoms with Crippen molar-refractivity contribution in [3.05, 3.63) is 28.2 Å². The van der Waals surface area contributed by atoms with Crippen molar-refractivity contribution in [2.45, 2.75) is 19.4 Å². The number of rotatable bonds is 3. The molecule has 0 aliphatic carbocycles. The average Bonchev–Trinajstić information content (AvgIpc) is 2.21. The Kier molecular flexibility index (Phi) is 4.37. The topological polar surface area (TPSA) is 55.1 Å². The van der Waals surface area contributed by atoms with E-state index >= 15 is 0 Å². The SMILES string of the molecule is CC[C@@H](N)C(=O)Nc1c(F)cc(F)cc1Br. The van der Waals surface area contributed by atoms with E-state index in [2.05, 4.69) is 21.2 Å². The number of hydrogen-bond acceptors (Lipinski definition) is 2. The monoisotopic (exact) mass is 292 g/mol. The molecule has 16 heavy (non-hydrogen) atoms. The van der Waals surface area contributed by atoms with Crippen LogP contribution in [0.1, 0.15) is 13.3 Å². The first kappa shape index (κ1) is 13.1. The third kappa shape index (κ3) is 2.99. The number of anilines is 1. The van der Waals surface area contributed by atoms with Gasteiger partial charge in [-0.3, -0.25) is 4.79 Å². The van der Waals surface area contributed by atoms with Crippen LogP contribution in [-0.4, -0.2) is 11.9 Å². The highest BCUT2D eigenvalue weighted by molar-refractivity contribution is 9.10. The van der Waals surface area contributed by atoms with Crippen LogP contribution in [0.15, 0.2) is 16.6 Å². The summed E-state index contributed by atoms with van der Waals surface area (Å²) in [4.78, 5) is 11.4. The molecule has 0 bridgehead atoms. The Labute approximate surface area is 100 Å². The first-order valence-corrected chi connectivity index (χ1v) is 5.46. The second-order valence-corrected chi connectivity index (χ2v) is 4.10. The summed E-state index contributed by atoms with van der Waals surface area (Å²) in [5.41, 5.74) is 5.37. The van der Waals surface area contributed by atoms with Gasteiger partial charge in [0.2, 0.25) is 5.91 Å². The molecule has 1 aromatic rings. The van der Waals surface area contributed by atoms with Crippen molar-refractivity contribution in [1.82, 2.24) is 0 Å². The number of nitrogens with one attached hydrogen (secondary N) is 1. The Morgan fingerprint density at radius 2 is 2.19 bits per heavy atom. The fraction of sp³-hybridized carbons (Fsp3) is 0.300. The summed E-state index contributed by atoms with van der Waals surface area (Å²) < 4.78 is 26.2. The lowest BCUT2D eigenvalue weighted by molar-refractivity contribution is -0.117. The molecule has 1 atom stereocenters. The minimum Gasteiger partial charge on any atom is -0.321 e. The van der Waals surface area contributed by atoms with Gasteiger partial charge in [-0.15, -0.1) is 0 Å². The maximum atomic E-state index is 13.3. The largest absolute Gasteiger partial charge is 0.321 e. The summed E-state index contributed by atoms with van der Waals surface area (Å²) in [5, 5.41) is 2.30. The van der Waals surface area contributed by atoms with Gasteiger partial charge in [-0.1, -0.05) is 6.92 Å². The highest BCUT2D eigenvalue weighted by atomic mass is 79.9. The van der Waals surface area contributed by atoms with Crippen molar-refractivity contribution in [3.63, 3.8) is 0 Å². The zero-order valence-electron chi connectivity index (χ0n) is 8.56. The van der Waals surface area contributed by atoms with Gasteiger partial charge in [0.25, 0.3) is 0 Å². The second-order valence-electron chi connectivity index (χ2n) is 3.25. The van der Waals surface area contributed by atoms with Crippen molar-refractivity contribution in [1.29, 1.82) is 0 Å². The van der Waals surface area contributed by atoms with Gasteiger partial charge in [-0.25, -0.2) is 8.78 Å². The Bertz CT molecular complexity index is 389. The van der Waals surface area contributed by atoms with E-state index in [0.717, 1.165) is 6.07 Å². The smallest absolute Gasteiger partial charge is 0.241 e. The Balaban J connectivity index is 2.93. The van der Waals surface area contributed by atoms with Gasteiger partial charge in [0, 0.05) is 10.5 Å². The molecule has 0 fully saturated rings. The molecule has 0 radical (unpaired) electrons. The van der Waals surface area contributed by atoms with Crippen molar-refractivity contribution < 1.29 is 13.6 Å². The zero-order valence-corrected chi connectivity index (χ0v) is 10.1.